The number of benzene rings is 1. The molecule has 1 aromatic heterocycles. The van der Waals surface area contributed by atoms with Gasteiger partial charge in [-0.05, 0) is 25.9 Å². The summed E-state index contributed by atoms with van der Waals surface area (Å²) in [5.41, 5.74) is -0.110. The number of ether oxygens (including phenoxy) is 2. The van der Waals surface area contributed by atoms with E-state index in [1.165, 1.54) is 6.07 Å². The van der Waals surface area contributed by atoms with Crippen LogP contribution in [0.4, 0.5) is 4.39 Å². The van der Waals surface area contributed by atoms with Gasteiger partial charge in [-0.25, -0.2) is 9.37 Å². The van der Waals surface area contributed by atoms with E-state index >= 15 is 0 Å². The maximum atomic E-state index is 14.4. The Bertz CT molecular complexity index is 834. The Balaban J connectivity index is 1.51. The molecule has 1 atom stereocenters. The smallest absolute Gasteiger partial charge is 0.261 e. The first kappa shape index (κ1) is 17.8. The van der Waals surface area contributed by atoms with Crippen LogP contribution in [0.2, 0.25) is 0 Å². The summed E-state index contributed by atoms with van der Waals surface area (Å²) in [7, 11) is 0. The molecule has 0 radical (unpaired) electrons. The molecule has 0 spiro atoms. The molecule has 2 aliphatic rings. The zero-order valence-corrected chi connectivity index (χ0v) is 15.2. The van der Waals surface area contributed by atoms with E-state index in [0.29, 0.717) is 34.7 Å². The van der Waals surface area contributed by atoms with Crippen LogP contribution in [-0.4, -0.2) is 47.6 Å². The number of H-pyrrole nitrogens is 1. The van der Waals surface area contributed by atoms with Crippen molar-refractivity contribution in [3.63, 3.8) is 0 Å². The fourth-order valence-electron chi connectivity index (χ4n) is 3.16. The molecule has 26 heavy (non-hydrogen) atoms. The van der Waals surface area contributed by atoms with E-state index in [0.717, 1.165) is 39.0 Å². The monoisotopic (exact) mass is 379 g/mol. The molecule has 140 valence electrons. The number of aromatic amines is 1. The Kier molecular flexibility index (Phi) is 5.42. The first-order valence-corrected chi connectivity index (χ1v) is 10.0. The van der Waals surface area contributed by atoms with Gasteiger partial charge in [-0.2, -0.15) is 11.8 Å². The fourth-order valence-corrected chi connectivity index (χ4v) is 4.26. The number of fused-ring (bicyclic) bond motifs is 1. The molecule has 0 amide bonds. The summed E-state index contributed by atoms with van der Waals surface area (Å²) >= 11 is 1.79. The van der Waals surface area contributed by atoms with Gasteiger partial charge in [0, 0.05) is 30.4 Å². The van der Waals surface area contributed by atoms with Crippen molar-refractivity contribution in [3.05, 3.63) is 34.1 Å². The van der Waals surface area contributed by atoms with E-state index in [9.17, 15) is 9.18 Å². The average molecular weight is 379 g/mol. The highest BCUT2D eigenvalue weighted by Gasteiger charge is 2.20. The molecule has 0 aliphatic carbocycles. The summed E-state index contributed by atoms with van der Waals surface area (Å²) < 4.78 is 25.3. The van der Waals surface area contributed by atoms with Gasteiger partial charge >= 0.3 is 0 Å². The lowest BCUT2D eigenvalue weighted by atomic mass is 10.2. The molecule has 2 aromatic rings. The highest BCUT2D eigenvalue weighted by atomic mass is 32.2. The van der Waals surface area contributed by atoms with Crippen molar-refractivity contribution in [2.45, 2.75) is 36.4 Å². The Morgan fingerprint density at radius 3 is 2.85 bits per heavy atom. The SMILES string of the molecule is O=c1[nH]c(CSC2CCNCC2)nc2cc(OCC3CCO3)cc(F)c12. The topological polar surface area (TPSA) is 76.2 Å². The molecule has 2 N–H and O–H groups in total. The van der Waals surface area contributed by atoms with Gasteiger partial charge in [0.1, 0.15) is 29.4 Å². The molecular weight excluding hydrogens is 357 g/mol. The van der Waals surface area contributed by atoms with Crippen molar-refractivity contribution < 1.29 is 13.9 Å². The molecule has 3 heterocycles. The van der Waals surface area contributed by atoms with Crippen LogP contribution in [0.15, 0.2) is 16.9 Å². The summed E-state index contributed by atoms with van der Waals surface area (Å²) in [6.07, 6.45) is 3.24. The average Bonchev–Trinajstić information content (AvgIpc) is 2.59. The highest BCUT2D eigenvalue weighted by molar-refractivity contribution is 7.99. The second kappa shape index (κ2) is 7.94. The Morgan fingerprint density at radius 1 is 1.31 bits per heavy atom. The van der Waals surface area contributed by atoms with Crippen LogP contribution in [0.3, 0.4) is 0 Å². The van der Waals surface area contributed by atoms with Gasteiger partial charge in [-0.15, -0.1) is 0 Å². The minimum Gasteiger partial charge on any atom is -0.491 e. The lowest BCUT2D eigenvalue weighted by molar-refractivity contribution is -0.0721. The van der Waals surface area contributed by atoms with Crippen LogP contribution >= 0.6 is 11.8 Å². The van der Waals surface area contributed by atoms with Crippen molar-refractivity contribution in [2.24, 2.45) is 0 Å². The molecular formula is C18H22FN3O3S. The van der Waals surface area contributed by atoms with Crippen molar-refractivity contribution in [2.75, 3.05) is 26.3 Å². The van der Waals surface area contributed by atoms with Crippen molar-refractivity contribution >= 4 is 22.7 Å². The molecule has 2 aliphatic heterocycles. The van der Waals surface area contributed by atoms with Crippen LogP contribution in [-0.2, 0) is 10.5 Å². The van der Waals surface area contributed by atoms with Gasteiger partial charge in [0.05, 0.1) is 17.4 Å². The van der Waals surface area contributed by atoms with E-state index in [1.54, 1.807) is 17.8 Å². The molecule has 8 heteroatoms. The zero-order chi connectivity index (χ0) is 17.9. The predicted octanol–water partition coefficient (Wildman–Crippen LogP) is 2.22. The van der Waals surface area contributed by atoms with Gasteiger partial charge in [-0.1, -0.05) is 0 Å². The first-order chi connectivity index (χ1) is 12.7. The maximum Gasteiger partial charge on any atom is 0.261 e. The molecule has 1 unspecified atom stereocenters. The van der Waals surface area contributed by atoms with Gasteiger partial charge in [0.25, 0.3) is 5.56 Å². The number of thioether (sulfide) groups is 1. The highest BCUT2D eigenvalue weighted by Crippen LogP contribution is 2.25. The maximum absolute atomic E-state index is 14.4. The number of hydrogen-bond donors (Lipinski definition) is 2. The largest absolute Gasteiger partial charge is 0.491 e. The number of nitrogens with one attached hydrogen (secondary N) is 2. The second-order valence-electron chi connectivity index (χ2n) is 6.66. The summed E-state index contributed by atoms with van der Waals surface area (Å²) in [5, 5.41) is 3.88. The first-order valence-electron chi connectivity index (χ1n) is 8.98. The molecule has 2 fully saturated rings. The molecule has 0 saturated carbocycles. The van der Waals surface area contributed by atoms with Crippen molar-refractivity contribution in [1.82, 2.24) is 15.3 Å². The Labute approximate surface area is 154 Å². The Hall–Kier alpha value is -1.64. The Morgan fingerprint density at radius 2 is 2.12 bits per heavy atom. The molecule has 1 aromatic carbocycles. The van der Waals surface area contributed by atoms with Crippen LogP contribution < -0.4 is 15.6 Å². The van der Waals surface area contributed by atoms with Crippen molar-refractivity contribution in [3.8, 4) is 5.75 Å². The third-order valence-electron chi connectivity index (χ3n) is 4.75. The number of piperidine rings is 1. The number of rotatable bonds is 6. The quantitative estimate of drug-likeness (QED) is 0.802. The number of nitrogens with zero attached hydrogens (tertiary/aromatic N) is 1. The third kappa shape index (κ3) is 4.02. The van der Waals surface area contributed by atoms with E-state index in [1.807, 2.05) is 0 Å². The number of hydrogen-bond acceptors (Lipinski definition) is 6. The number of aromatic nitrogens is 2. The lowest BCUT2D eigenvalue weighted by Gasteiger charge is -2.26. The summed E-state index contributed by atoms with van der Waals surface area (Å²) in [4.78, 5) is 19.5. The van der Waals surface area contributed by atoms with Gasteiger partial charge in [-0.3, -0.25) is 4.79 Å². The normalized spacial score (nSPS) is 20.9. The van der Waals surface area contributed by atoms with Crippen LogP contribution in [0.25, 0.3) is 10.9 Å². The number of halogens is 1. The summed E-state index contributed by atoms with van der Waals surface area (Å²) in [6.45, 7) is 3.17. The molecule has 6 nitrogen and oxygen atoms in total. The molecule has 2 saturated heterocycles. The predicted molar refractivity (Wildman–Crippen MR) is 99.4 cm³/mol. The van der Waals surface area contributed by atoms with Gasteiger partial charge in [0.15, 0.2) is 0 Å². The van der Waals surface area contributed by atoms with E-state index < -0.39 is 11.4 Å². The lowest BCUT2D eigenvalue weighted by Crippen LogP contribution is -2.32. The summed E-state index contributed by atoms with van der Waals surface area (Å²) in [5.74, 6) is 0.946. The molecule has 0 bridgehead atoms. The van der Waals surface area contributed by atoms with Crippen molar-refractivity contribution in [1.29, 1.82) is 0 Å². The van der Waals surface area contributed by atoms with Crippen LogP contribution in [0.5, 0.6) is 5.75 Å². The van der Waals surface area contributed by atoms with E-state index in [2.05, 4.69) is 15.3 Å². The van der Waals surface area contributed by atoms with E-state index in [4.69, 9.17) is 9.47 Å². The third-order valence-corrected chi connectivity index (χ3v) is 6.14. The zero-order valence-electron chi connectivity index (χ0n) is 14.4. The minimum atomic E-state index is -0.613. The summed E-state index contributed by atoms with van der Waals surface area (Å²) in [6, 6.07) is 2.87. The molecule has 4 rings (SSSR count). The van der Waals surface area contributed by atoms with Gasteiger partial charge < -0.3 is 19.8 Å². The van der Waals surface area contributed by atoms with E-state index in [-0.39, 0.29) is 11.5 Å². The minimum absolute atomic E-state index is 0.0205. The van der Waals surface area contributed by atoms with Crippen LogP contribution in [0, 0.1) is 5.82 Å². The van der Waals surface area contributed by atoms with Crippen LogP contribution in [0.1, 0.15) is 25.1 Å². The van der Waals surface area contributed by atoms with Gasteiger partial charge in [0.2, 0.25) is 0 Å². The standard InChI is InChI=1S/C18H22FN3O3S/c19-14-7-12(25-9-11-3-6-24-11)8-15-17(14)18(23)22-16(21-15)10-26-13-1-4-20-5-2-13/h7-8,11,13,20H,1-6,9-10H2,(H,21,22,23). The fraction of sp³-hybridized carbons (Fsp3) is 0.556. The second-order valence-corrected chi connectivity index (χ2v) is 7.95.